The highest BCUT2D eigenvalue weighted by atomic mass is 32.2. The smallest absolute Gasteiger partial charge is 0.321 e. The van der Waals surface area contributed by atoms with Crippen LogP contribution >= 0.6 is 0 Å². The van der Waals surface area contributed by atoms with Gasteiger partial charge in [0.25, 0.3) is 0 Å². The predicted octanol–water partition coefficient (Wildman–Crippen LogP) is 3.31. The van der Waals surface area contributed by atoms with Crippen molar-refractivity contribution in [2.45, 2.75) is 43.9 Å². The van der Waals surface area contributed by atoms with Gasteiger partial charge in [0.05, 0.1) is 16.4 Å². The van der Waals surface area contributed by atoms with Crippen molar-refractivity contribution in [3.8, 4) is 11.5 Å². The zero-order valence-electron chi connectivity index (χ0n) is 14.9. The third-order valence-corrected chi connectivity index (χ3v) is 6.13. The van der Waals surface area contributed by atoms with Crippen molar-refractivity contribution in [3.63, 3.8) is 0 Å². The summed E-state index contributed by atoms with van der Waals surface area (Å²) in [5, 5.41) is 0.599. The van der Waals surface area contributed by atoms with Gasteiger partial charge in [-0.1, -0.05) is 6.92 Å². The van der Waals surface area contributed by atoms with Crippen molar-refractivity contribution in [1.29, 1.82) is 0 Å². The molecule has 0 aromatic carbocycles. The first-order chi connectivity index (χ1) is 12.8. The zero-order chi connectivity index (χ0) is 19.3. The highest BCUT2D eigenvalue weighted by molar-refractivity contribution is 7.85. The molecule has 3 aromatic rings. The van der Waals surface area contributed by atoms with Crippen LogP contribution in [-0.2, 0) is 37.0 Å². The number of halogens is 3. The summed E-state index contributed by atoms with van der Waals surface area (Å²) in [7, 11) is 0.420. The number of imidazole rings is 2. The monoisotopic (exact) mass is 397 g/mol. The Morgan fingerprint density at radius 3 is 2.74 bits per heavy atom. The average Bonchev–Trinajstić information content (AvgIpc) is 3.18. The number of fused-ring (bicyclic) bond motifs is 2. The average molecular weight is 397 g/mol. The molecule has 4 rings (SSSR count). The van der Waals surface area contributed by atoms with Gasteiger partial charge in [-0.15, -0.1) is 0 Å². The molecule has 0 spiro atoms. The van der Waals surface area contributed by atoms with Crippen molar-refractivity contribution < 1.29 is 17.4 Å². The highest BCUT2D eigenvalue weighted by Gasteiger charge is 2.32. The van der Waals surface area contributed by atoms with Crippen LogP contribution in [0.1, 0.15) is 31.2 Å². The molecule has 0 amide bonds. The van der Waals surface area contributed by atoms with Crippen LogP contribution in [0.4, 0.5) is 13.2 Å². The van der Waals surface area contributed by atoms with E-state index in [0.717, 1.165) is 43.9 Å². The lowest BCUT2D eigenvalue weighted by Gasteiger charge is -2.15. The summed E-state index contributed by atoms with van der Waals surface area (Å²) in [6.45, 7) is 2.57. The minimum absolute atomic E-state index is 0.140. The molecule has 1 unspecified atom stereocenters. The van der Waals surface area contributed by atoms with Gasteiger partial charge in [0.15, 0.2) is 11.5 Å². The van der Waals surface area contributed by atoms with Crippen molar-refractivity contribution in [1.82, 2.24) is 24.1 Å². The summed E-state index contributed by atoms with van der Waals surface area (Å²) < 4.78 is 55.2. The van der Waals surface area contributed by atoms with Gasteiger partial charge in [-0.25, -0.2) is 15.0 Å². The first-order valence-corrected chi connectivity index (χ1v) is 10.0. The van der Waals surface area contributed by atoms with Crippen LogP contribution in [0.3, 0.4) is 0 Å². The number of rotatable bonds is 3. The predicted molar refractivity (Wildman–Crippen MR) is 94.6 cm³/mol. The number of aromatic nitrogens is 5. The van der Waals surface area contributed by atoms with E-state index in [-0.39, 0.29) is 5.52 Å². The first kappa shape index (κ1) is 18.1. The van der Waals surface area contributed by atoms with Crippen molar-refractivity contribution in [2.75, 3.05) is 5.75 Å². The minimum atomic E-state index is -4.48. The number of hydrogen-bond acceptors (Lipinski definition) is 4. The summed E-state index contributed by atoms with van der Waals surface area (Å²) in [5.74, 6) is 1.66. The van der Waals surface area contributed by atoms with E-state index in [4.69, 9.17) is 0 Å². The van der Waals surface area contributed by atoms with E-state index in [2.05, 4.69) is 15.0 Å². The molecule has 0 saturated carbocycles. The van der Waals surface area contributed by atoms with Crippen molar-refractivity contribution in [3.05, 3.63) is 23.7 Å². The fourth-order valence-corrected chi connectivity index (χ4v) is 4.48. The molecular formula is C17H18F3N5OS. The molecule has 4 heterocycles. The second-order valence-corrected chi connectivity index (χ2v) is 8.14. The van der Waals surface area contributed by atoms with E-state index in [1.165, 1.54) is 0 Å². The standard InChI is InChI=1S/C17H18F3N5OS/c1-3-27(26)16-13(23-12-6-4-5-7-25(12)16)15-22-11-8-10(17(18,19)20)9-21-14(11)24(15)2/h8-9H,3-7H2,1-2H3. The van der Waals surface area contributed by atoms with Crippen LogP contribution < -0.4 is 0 Å². The quantitative estimate of drug-likeness (QED) is 0.680. The second kappa shape index (κ2) is 6.43. The number of nitrogens with zero attached hydrogens (tertiary/aromatic N) is 5. The molecule has 6 nitrogen and oxygen atoms in total. The maximum Gasteiger partial charge on any atom is 0.417 e. The molecule has 3 aromatic heterocycles. The number of pyridine rings is 1. The Morgan fingerprint density at radius 2 is 2.04 bits per heavy atom. The van der Waals surface area contributed by atoms with Crippen LogP contribution in [0, 0.1) is 0 Å². The van der Waals surface area contributed by atoms with Gasteiger partial charge < -0.3 is 9.13 Å². The van der Waals surface area contributed by atoms with E-state index in [1.807, 2.05) is 11.5 Å². The Morgan fingerprint density at radius 1 is 1.26 bits per heavy atom. The van der Waals surface area contributed by atoms with E-state index in [9.17, 15) is 17.4 Å². The van der Waals surface area contributed by atoms with Crippen molar-refractivity contribution >= 4 is 22.0 Å². The van der Waals surface area contributed by atoms with Crippen LogP contribution in [0.15, 0.2) is 17.3 Å². The SMILES string of the molecule is CCS(=O)c1c(-c2nc3cc(C(F)(F)F)cnc3n2C)nc2n1CCCC2. The summed E-state index contributed by atoms with van der Waals surface area (Å²) in [5.41, 5.74) is 0.0982. The number of aryl methyl sites for hydroxylation is 2. The third kappa shape index (κ3) is 2.95. The molecule has 0 N–H and O–H groups in total. The third-order valence-electron chi connectivity index (χ3n) is 4.76. The van der Waals surface area contributed by atoms with E-state index in [1.54, 1.807) is 11.6 Å². The lowest BCUT2D eigenvalue weighted by molar-refractivity contribution is -0.137. The topological polar surface area (TPSA) is 65.6 Å². The maximum atomic E-state index is 13.0. The molecule has 1 atom stereocenters. The molecule has 27 heavy (non-hydrogen) atoms. The maximum absolute atomic E-state index is 13.0. The van der Waals surface area contributed by atoms with Gasteiger partial charge in [0, 0.05) is 32.0 Å². The molecule has 0 radical (unpaired) electrons. The summed E-state index contributed by atoms with van der Waals surface area (Å²) in [4.78, 5) is 13.0. The normalized spacial score (nSPS) is 15.9. The van der Waals surface area contributed by atoms with Gasteiger partial charge in [-0.05, 0) is 18.9 Å². The Balaban J connectivity index is 1.93. The Bertz CT molecular complexity index is 1050. The minimum Gasteiger partial charge on any atom is -0.321 e. The molecule has 0 fully saturated rings. The first-order valence-electron chi connectivity index (χ1n) is 8.69. The van der Waals surface area contributed by atoms with E-state index < -0.39 is 22.5 Å². The Hall–Kier alpha value is -2.23. The van der Waals surface area contributed by atoms with Crippen LogP contribution in [0.2, 0.25) is 0 Å². The van der Waals surface area contributed by atoms with Crippen LogP contribution in [-0.4, -0.2) is 34.0 Å². The summed E-state index contributed by atoms with van der Waals surface area (Å²) >= 11 is 0. The molecule has 144 valence electrons. The van der Waals surface area contributed by atoms with Crippen molar-refractivity contribution in [2.24, 2.45) is 7.05 Å². The van der Waals surface area contributed by atoms with E-state index >= 15 is 0 Å². The molecule has 10 heteroatoms. The lowest BCUT2D eigenvalue weighted by Crippen LogP contribution is -2.14. The fourth-order valence-electron chi connectivity index (χ4n) is 3.41. The largest absolute Gasteiger partial charge is 0.417 e. The Kier molecular flexibility index (Phi) is 4.32. The molecule has 1 aliphatic heterocycles. The van der Waals surface area contributed by atoms with Gasteiger partial charge in [-0.2, -0.15) is 13.2 Å². The number of alkyl halides is 3. The molecule has 0 saturated heterocycles. The van der Waals surface area contributed by atoms with Crippen LogP contribution in [0.5, 0.6) is 0 Å². The summed E-state index contributed by atoms with van der Waals surface area (Å²) in [6, 6.07) is 0.984. The fraction of sp³-hybridized carbons (Fsp3) is 0.471. The van der Waals surface area contributed by atoms with Gasteiger partial charge in [-0.3, -0.25) is 4.21 Å². The second-order valence-electron chi connectivity index (χ2n) is 6.48. The highest BCUT2D eigenvalue weighted by Crippen LogP contribution is 2.33. The Labute approximate surface area is 155 Å². The van der Waals surface area contributed by atoms with Gasteiger partial charge in [0.1, 0.15) is 22.1 Å². The van der Waals surface area contributed by atoms with Gasteiger partial charge in [0.2, 0.25) is 0 Å². The van der Waals surface area contributed by atoms with E-state index in [0.29, 0.717) is 27.9 Å². The molecule has 0 aliphatic carbocycles. The zero-order valence-corrected chi connectivity index (χ0v) is 15.7. The molecule has 1 aliphatic rings. The van der Waals surface area contributed by atoms with Crippen LogP contribution in [0.25, 0.3) is 22.7 Å². The van der Waals surface area contributed by atoms with Gasteiger partial charge >= 0.3 is 6.18 Å². The lowest BCUT2D eigenvalue weighted by atomic mass is 10.2. The number of hydrogen-bond donors (Lipinski definition) is 0. The summed E-state index contributed by atoms with van der Waals surface area (Å²) in [6.07, 6.45) is -0.907. The molecule has 0 bridgehead atoms. The molecular weight excluding hydrogens is 379 g/mol.